The van der Waals surface area contributed by atoms with Crippen molar-refractivity contribution < 1.29 is 9.53 Å². The van der Waals surface area contributed by atoms with Crippen molar-refractivity contribution in [2.75, 3.05) is 36.5 Å². The van der Waals surface area contributed by atoms with Crippen molar-refractivity contribution >= 4 is 33.2 Å². The molecule has 1 amide bonds. The van der Waals surface area contributed by atoms with Gasteiger partial charge in [-0.05, 0) is 23.8 Å². The van der Waals surface area contributed by atoms with Crippen molar-refractivity contribution in [3.63, 3.8) is 0 Å². The minimum absolute atomic E-state index is 0.0161. The molecule has 0 spiro atoms. The van der Waals surface area contributed by atoms with Gasteiger partial charge in [0.15, 0.2) is 0 Å². The molecule has 3 rings (SSSR count). The van der Waals surface area contributed by atoms with Gasteiger partial charge in [-0.25, -0.2) is 0 Å². The maximum Gasteiger partial charge on any atom is 0.228 e. The maximum atomic E-state index is 12.4. The molecule has 120 valence electrons. The Hall–Kier alpha value is -1.85. The van der Waals surface area contributed by atoms with Crippen molar-refractivity contribution in [1.82, 2.24) is 0 Å². The number of hydrogen-bond acceptors (Lipinski definition) is 3. The van der Waals surface area contributed by atoms with E-state index in [9.17, 15) is 4.79 Å². The van der Waals surface area contributed by atoms with Crippen molar-refractivity contribution in [1.29, 1.82) is 0 Å². The van der Waals surface area contributed by atoms with Crippen LogP contribution in [-0.4, -0.2) is 32.2 Å². The molecule has 4 nitrogen and oxygen atoms in total. The van der Waals surface area contributed by atoms with E-state index in [-0.39, 0.29) is 5.91 Å². The molecule has 23 heavy (non-hydrogen) atoms. The summed E-state index contributed by atoms with van der Waals surface area (Å²) in [5.74, 6) is -0.0161. The summed E-state index contributed by atoms with van der Waals surface area (Å²) in [7, 11) is 0. The van der Waals surface area contributed by atoms with E-state index < -0.39 is 0 Å². The summed E-state index contributed by atoms with van der Waals surface area (Å²) in [6.07, 6.45) is 0.346. The Balaban J connectivity index is 1.72. The number of nitrogens with one attached hydrogen (secondary N) is 1. The third-order valence-corrected chi connectivity index (χ3v) is 4.61. The Kier molecular flexibility index (Phi) is 5.31. The molecule has 0 unspecified atom stereocenters. The number of halogens is 1. The highest BCUT2D eigenvalue weighted by Crippen LogP contribution is 2.26. The van der Waals surface area contributed by atoms with E-state index in [1.807, 2.05) is 48.5 Å². The molecule has 0 saturated carbocycles. The standard InChI is InChI=1S/C18H19BrN2O2/c19-15-6-2-1-5-14(15)13-18(22)20-16-7-3-4-8-17(16)21-9-11-23-12-10-21/h1-8H,9-13H2,(H,20,22). The predicted octanol–water partition coefficient (Wildman–Crippen LogP) is 3.47. The van der Waals surface area contributed by atoms with Gasteiger partial charge >= 0.3 is 0 Å². The molecule has 0 atom stereocenters. The van der Waals surface area contributed by atoms with Crippen LogP contribution < -0.4 is 10.2 Å². The third-order valence-electron chi connectivity index (χ3n) is 3.84. The first-order chi connectivity index (χ1) is 11.2. The van der Waals surface area contributed by atoms with E-state index in [2.05, 4.69) is 26.1 Å². The number of rotatable bonds is 4. The zero-order chi connectivity index (χ0) is 16.1. The normalized spacial score (nSPS) is 14.6. The maximum absolute atomic E-state index is 12.4. The summed E-state index contributed by atoms with van der Waals surface area (Å²) in [5.41, 5.74) is 2.89. The second-order valence-electron chi connectivity index (χ2n) is 5.43. The fourth-order valence-corrected chi connectivity index (χ4v) is 3.09. The van der Waals surface area contributed by atoms with Gasteiger partial charge in [0.25, 0.3) is 0 Å². The Bertz CT molecular complexity index is 684. The molecule has 1 heterocycles. The fourth-order valence-electron chi connectivity index (χ4n) is 2.67. The number of anilines is 2. The molecule has 0 aliphatic carbocycles. The molecule has 1 fully saturated rings. The first-order valence-corrected chi connectivity index (χ1v) is 8.48. The monoisotopic (exact) mass is 374 g/mol. The highest BCUT2D eigenvalue weighted by molar-refractivity contribution is 9.10. The van der Waals surface area contributed by atoms with Crippen molar-refractivity contribution in [3.05, 3.63) is 58.6 Å². The lowest BCUT2D eigenvalue weighted by Gasteiger charge is -2.30. The van der Waals surface area contributed by atoms with E-state index >= 15 is 0 Å². The molecule has 1 aliphatic heterocycles. The SMILES string of the molecule is O=C(Cc1ccccc1Br)Nc1ccccc1N1CCOCC1. The van der Waals surface area contributed by atoms with E-state index in [0.717, 1.165) is 47.7 Å². The largest absolute Gasteiger partial charge is 0.378 e. The molecule has 1 aliphatic rings. The Morgan fingerprint density at radius 1 is 1.09 bits per heavy atom. The number of amides is 1. The van der Waals surface area contributed by atoms with Crippen molar-refractivity contribution in [2.24, 2.45) is 0 Å². The van der Waals surface area contributed by atoms with Crippen LogP contribution in [0.5, 0.6) is 0 Å². The number of para-hydroxylation sites is 2. The van der Waals surface area contributed by atoms with Crippen molar-refractivity contribution in [2.45, 2.75) is 6.42 Å². The summed E-state index contributed by atoms with van der Waals surface area (Å²) >= 11 is 3.49. The van der Waals surface area contributed by atoms with Crippen molar-refractivity contribution in [3.8, 4) is 0 Å². The Morgan fingerprint density at radius 2 is 1.78 bits per heavy atom. The van der Waals surface area contributed by atoms with Gasteiger partial charge in [-0.2, -0.15) is 0 Å². The third kappa shape index (κ3) is 4.12. The fraction of sp³-hybridized carbons (Fsp3) is 0.278. The number of ether oxygens (including phenoxy) is 1. The van der Waals surface area contributed by atoms with Crippen LogP contribution in [0.2, 0.25) is 0 Å². The summed E-state index contributed by atoms with van der Waals surface area (Å²) < 4.78 is 6.36. The van der Waals surface area contributed by atoms with Crippen LogP contribution in [0, 0.1) is 0 Å². The topological polar surface area (TPSA) is 41.6 Å². The first-order valence-electron chi connectivity index (χ1n) is 7.69. The molecule has 0 radical (unpaired) electrons. The van der Waals surface area contributed by atoms with Crippen LogP contribution in [0.1, 0.15) is 5.56 Å². The van der Waals surface area contributed by atoms with E-state index in [4.69, 9.17) is 4.74 Å². The van der Waals surface area contributed by atoms with Crippen LogP contribution in [0.3, 0.4) is 0 Å². The highest BCUT2D eigenvalue weighted by atomic mass is 79.9. The molecule has 5 heteroatoms. The summed E-state index contributed by atoms with van der Waals surface area (Å²) in [6.45, 7) is 3.13. The van der Waals surface area contributed by atoms with Gasteiger partial charge in [-0.15, -0.1) is 0 Å². The molecular weight excluding hydrogens is 356 g/mol. The highest BCUT2D eigenvalue weighted by Gasteiger charge is 2.16. The van der Waals surface area contributed by atoms with E-state index in [0.29, 0.717) is 6.42 Å². The summed E-state index contributed by atoms with van der Waals surface area (Å²) in [5, 5.41) is 3.04. The molecule has 0 bridgehead atoms. The average molecular weight is 375 g/mol. The van der Waals surface area contributed by atoms with Crippen LogP contribution >= 0.6 is 15.9 Å². The summed E-state index contributed by atoms with van der Waals surface area (Å²) in [4.78, 5) is 14.6. The Morgan fingerprint density at radius 3 is 2.57 bits per heavy atom. The number of nitrogens with zero attached hydrogens (tertiary/aromatic N) is 1. The lowest BCUT2D eigenvalue weighted by atomic mass is 10.1. The van der Waals surface area contributed by atoms with Gasteiger partial charge in [0.1, 0.15) is 0 Å². The zero-order valence-corrected chi connectivity index (χ0v) is 14.4. The lowest BCUT2D eigenvalue weighted by Crippen LogP contribution is -2.36. The smallest absolute Gasteiger partial charge is 0.228 e. The van der Waals surface area contributed by atoms with Gasteiger partial charge in [-0.1, -0.05) is 46.3 Å². The van der Waals surface area contributed by atoms with Crippen LogP contribution in [0.15, 0.2) is 53.0 Å². The number of benzene rings is 2. The predicted molar refractivity (Wildman–Crippen MR) is 95.9 cm³/mol. The number of carbonyl (C=O) groups excluding carboxylic acids is 1. The lowest BCUT2D eigenvalue weighted by molar-refractivity contribution is -0.115. The van der Waals surface area contributed by atoms with Gasteiger partial charge in [-0.3, -0.25) is 4.79 Å². The first kappa shape index (κ1) is 16.0. The average Bonchev–Trinajstić information content (AvgIpc) is 2.58. The molecule has 1 N–H and O–H groups in total. The van der Waals surface area contributed by atoms with Gasteiger partial charge in [0.05, 0.1) is 31.0 Å². The zero-order valence-electron chi connectivity index (χ0n) is 12.8. The molecule has 0 aromatic heterocycles. The molecule has 2 aromatic rings. The number of carbonyl (C=O) groups is 1. The molecule has 1 saturated heterocycles. The van der Waals surface area contributed by atoms with Gasteiger partial charge in [0.2, 0.25) is 5.91 Å². The number of morpholine rings is 1. The van der Waals surface area contributed by atoms with E-state index in [1.165, 1.54) is 0 Å². The second kappa shape index (κ2) is 7.62. The number of hydrogen-bond donors (Lipinski definition) is 1. The molecule has 2 aromatic carbocycles. The quantitative estimate of drug-likeness (QED) is 0.890. The van der Waals surface area contributed by atoms with E-state index in [1.54, 1.807) is 0 Å². The minimum atomic E-state index is -0.0161. The van der Waals surface area contributed by atoms with Gasteiger partial charge < -0.3 is 15.0 Å². The summed E-state index contributed by atoms with van der Waals surface area (Å²) in [6, 6.07) is 15.7. The van der Waals surface area contributed by atoms with Crippen LogP contribution in [0.4, 0.5) is 11.4 Å². The van der Waals surface area contributed by atoms with Crippen LogP contribution in [0.25, 0.3) is 0 Å². The van der Waals surface area contributed by atoms with Crippen LogP contribution in [-0.2, 0) is 16.0 Å². The molecular formula is C18H19BrN2O2. The second-order valence-corrected chi connectivity index (χ2v) is 6.29. The van der Waals surface area contributed by atoms with Gasteiger partial charge in [0, 0.05) is 17.6 Å². The minimum Gasteiger partial charge on any atom is -0.378 e. The Labute approximate surface area is 144 Å².